The number of hydrogen-bond acceptors (Lipinski definition) is 3. The molecule has 1 aromatic heterocycles. The van der Waals surface area contributed by atoms with Crippen molar-refractivity contribution >= 4 is 54.4 Å². The van der Waals surface area contributed by atoms with Gasteiger partial charge in [-0.1, -0.05) is 28.1 Å². The first-order valence-corrected chi connectivity index (χ1v) is 9.48. The molecule has 26 heavy (non-hydrogen) atoms. The van der Waals surface area contributed by atoms with E-state index in [0.29, 0.717) is 16.6 Å². The second-order valence-electron chi connectivity index (χ2n) is 5.61. The Morgan fingerprint density at radius 1 is 1.08 bits per heavy atom. The fourth-order valence-electron chi connectivity index (χ4n) is 2.73. The SMILES string of the molecule is CCn1c(=O)c2ccccc2n(CC(=O)Nc2ccc(Br)cc2Br)c1=O. The van der Waals surface area contributed by atoms with Crippen molar-refractivity contribution in [3.63, 3.8) is 0 Å². The first-order valence-electron chi connectivity index (χ1n) is 7.89. The zero-order valence-electron chi connectivity index (χ0n) is 13.8. The zero-order valence-corrected chi connectivity index (χ0v) is 17.0. The van der Waals surface area contributed by atoms with Crippen LogP contribution in [0.5, 0.6) is 0 Å². The Hall–Kier alpha value is -2.19. The van der Waals surface area contributed by atoms with Crippen LogP contribution in [0.1, 0.15) is 6.92 Å². The van der Waals surface area contributed by atoms with E-state index in [1.807, 2.05) is 6.07 Å². The molecule has 0 aliphatic carbocycles. The van der Waals surface area contributed by atoms with Crippen LogP contribution in [0.25, 0.3) is 10.9 Å². The van der Waals surface area contributed by atoms with Crippen LogP contribution in [0.2, 0.25) is 0 Å². The summed E-state index contributed by atoms with van der Waals surface area (Å²) in [6, 6.07) is 12.2. The van der Waals surface area contributed by atoms with Gasteiger partial charge in [-0.05, 0) is 53.2 Å². The highest BCUT2D eigenvalue weighted by atomic mass is 79.9. The van der Waals surface area contributed by atoms with Gasteiger partial charge in [0.1, 0.15) is 6.54 Å². The quantitative estimate of drug-likeness (QED) is 0.622. The number of carbonyl (C=O) groups is 1. The molecule has 1 amide bonds. The maximum atomic E-state index is 12.7. The summed E-state index contributed by atoms with van der Waals surface area (Å²) in [5.74, 6) is -0.360. The minimum absolute atomic E-state index is 0.192. The van der Waals surface area contributed by atoms with E-state index < -0.39 is 5.69 Å². The largest absolute Gasteiger partial charge is 0.331 e. The van der Waals surface area contributed by atoms with Crippen molar-refractivity contribution in [2.75, 3.05) is 5.32 Å². The first kappa shape index (κ1) is 18.6. The van der Waals surface area contributed by atoms with Crippen LogP contribution in [0.3, 0.4) is 0 Å². The molecule has 0 bridgehead atoms. The van der Waals surface area contributed by atoms with E-state index in [1.165, 1.54) is 4.57 Å². The lowest BCUT2D eigenvalue weighted by Gasteiger charge is -2.13. The standard InChI is InChI=1S/C18H15Br2N3O3/c1-2-22-17(25)12-5-3-4-6-15(12)23(18(22)26)10-16(24)21-14-8-7-11(19)9-13(14)20/h3-9H,2,10H2,1H3,(H,21,24). The summed E-state index contributed by atoms with van der Waals surface area (Å²) in [7, 11) is 0. The molecular formula is C18H15Br2N3O3. The zero-order chi connectivity index (χ0) is 18.8. The third-order valence-electron chi connectivity index (χ3n) is 3.96. The van der Waals surface area contributed by atoms with Crippen LogP contribution < -0.4 is 16.6 Å². The summed E-state index contributed by atoms with van der Waals surface area (Å²) in [6.45, 7) is 1.77. The molecule has 0 saturated carbocycles. The number of para-hydroxylation sites is 1. The Balaban J connectivity index is 2.02. The molecule has 0 unspecified atom stereocenters. The molecule has 0 fully saturated rings. The molecule has 8 heteroatoms. The molecule has 6 nitrogen and oxygen atoms in total. The fraction of sp³-hybridized carbons (Fsp3) is 0.167. The Morgan fingerprint density at radius 3 is 2.50 bits per heavy atom. The van der Waals surface area contributed by atoms with Gasteiger partial charge in [0.05, 0.1) is 16.6 Å². The van der Waals surface area contributed by atoms with Crippen molar-refractivity contribution in [1.82, 2.24) is 9.13 Å². The van der Waals surface area contributed by atoms with Gasteiger partial charge in [-0.3, -0.25) is 18.7 Å². The van der Waals surface area contributed by atoms with E-state index in [1.54, 1.807) is 43.3 Å². The maximum absolute atomic E-state index is 12.7. The monoisotopic (exact) mass is 479 g/mol. The average Bonchev–Trinajstić information content (AvgIpc) is 2.61. The Bertz CT molecular complexity index is 1120. The number of aromatic nitrogens is 2. The van der Waals surface area contributed by atoms with Gasteiger partial charge in [0.2, 0.25) is 5.91 Å². The Labute approximate surface area is 165 Å². The third kappa shape index (κ3) is 3.52. The molecule has 0 spiro atoms. The minimum Gasteiger partial charge on any atom is -0.324 e. The highest BCUT2D eigenvalue weighted by Crippen LogP contribution is 2.26. The maximum Gasteiger partial charge on any atom is 0.331 e. The number of fused-ring (bicyclic) bond motifs is 1. The predicted molar refractivity (Wildman–Crippen MR) is 109 cm³/mol. The Morgan fingerprint density at radius 2 is 1.81 bits per heavy atom. The van der Waals surface area contributed by atoms with Crippen LogP contribution in [0, 0.1) is 0 Å². The molecule has 0 aliphatic heterocycles. The summed E-state index contributed by atoms with van der Waals surface area (Å²) in [6.07, 6.45) is 0. The third-order valence-corrected chi connectivity index (χ3v) is 5.10. The lowest BCUT2D eigenvalue weighted by Crippen LogP contribution is -2.41. The van der Waals surface area contributed by atoms with Gasteiger partial charge in [-0.25, -0.2) is 4.79 Å². The molecule has 0 atom stereocenters. The van der Waals surface area contributed by atoms with Gasteiger partial charge in [0.15, 0.2) is 0 Å². The molecule has 0 saturated heterocycles. The van der Waals surface area contributed by atoms with Crippen LogP contribution >= 0.6 is 31.9 Å². The van der Waals surface area contributed by atoms with E-state index in [-0.39, 0.29) is 24.6 Å². The lowest BCUT2D eigenvalue weighted by molar-refractivity contribution is -0.116. The normalized spacial score (nSPS) is 10.9. The van der Waals surface area contributed by atoms with Gasteiger partial charge in [0.25, 0.3) is 5.56 Å². The lowest BCUT2D eigenvalue weighted by atomic mass is 10.2. The van der Waals surface area contributed by atoms with Gasteiger partial charge in [-0.2, -0.15) is 0 Å². The number of amides is 1. The molecule has 3 aromatic rings. The van der Waals surface area contributed by atoms with Crippen LogP contribution in [0.15, 0.2) is 61.0 Å². The van der Waals surface area contributed by atoms with E-state index in [9.17, 15) is 14.4 Å². The van der Waals surface area contributed by atoms with Gasteiger partial charge < -0.3 is 5.32 Å². The van der Waals surface area contributed by atoms with Gasteiger partial charge in [-0.15, -0.1) is 0 Å². The van der Waals surface area contributed by atoms with Crippen molar-refractivity contribution in [3.05, 3.63) is 72.2 Å². The summed E-state index contributed by atoms with van der Waals surface area (Å²) in [5.41, 5.74) is 0.193. The van der Waals surface area contributed by atoms with Crippen molar-refractivity contribution in [2.24, 2.45) is 0 Å². The summed E-state index contributed by atoms with van der Waals surface area (Å²) in [4.78, 5) is 37.6. The predicted octanol–water partition coefficient (Wildman–Crippen LogP) is 3.35. The number of nitrogens with zero attached hydrogens (tertiary/aromatic N) is 2. The number of benzene rings is 2. The topological polar surface area (TPSA) is 73.1 Å². The molecular weight excluding hydrogens is 466 g/mol. The van der Waals surface area contributed by atoms with E-state index in [0.717, 1.165) is 13.5 Å². The molecule has 134 valence electrons. The molecule has 0 aliphatic rings. The second kappa shape index (κ2) is 7.59. The van der Waals surface area contributed by atoms with Crippen LogP contribution in [0.4, 0.5) is 5.69 Å². The number of nitrogens with one attached hydrogen (secondary N) is 1. The number of hydrogen-bond donors (Lipinski definition) is 1. The van der Waals surface area contributed by atoms with Gasteiger partial charge in [0, 0.05) is 15.5 Å². The van der Waals surface area contributed by atoms with E-state index in [2.05, 4.69) is 37.2 Å². The highest BCUT2D eigenvalue weighted by Gasteiger charge is 2.15. The minimum atomic E-state index is -0.499. The van der Waals surface area contributed by atoms with Crippen LogP contribution in [-0.2, 0) is 17.9 Å². The average molecular weight is 481 g/mol. The number of anilines is 1. The summed E-state index contributed by atoms with van der Waals surface area (Å²) < 4.78 is 4.04. The number of halogens is 2. The van der Waals surface area contributed by atoms with Crippen molar-refractivity contribution in [1.29, 1.82) is 0 Å². The summed E-state index contributed by atoms with van der Waals surface area (Å²) in [5, 5.41) is 3.19. The number of carbonyl (C=O) groups excluding carboxylic acids is 1. The van der Waals surface area contributed by atoms with Crippen molar-refractivity contribution < 1.29 is 4.79 Å². The molecule has 1 heterocycles. The van der Waals surface area contributed by atoms with Crippen molar-refractivity contribution in [3.8, 4) is 0 Å². The molecule has 3 rings (SSSR count). The van der Waals surface area contributed by atoms with Crippen LogP contribution in [-0.4, -0.2) is 15.0 Å². The fourth-order valence-corrected chi connectivity index (χ4v) is 3.87. The molecule has 0 radical (unpaired) electrons. The van der Waals surface area contributed by atoms with Crippen molar-refractivity contribution in [2.45, 2.75) is 20.0 Å². The number of rotatable bonds is 4. The Kier molecular flexibility index (Phi) is 5.43. The molecule has 2 aromatic carbocycles. The molecule has 1 N–H and O–H groups in total. The van der Waals surface area contributed by atoms with E-state index >= 15 is 0 Å². The first-order chi connectivity index (χ1) is 12.4. The second-order valence-corrected chi connectivity index (χ2v) is 7.38. The van der Waals surface area contributed by atoms with E-state index in [4.69, 9.17) is 0 Å². The smallest absolute Gasteiger partial charge is 0.324 e. The van der Waals surface area contributed by atoms with Gasteiger partial charge >= 0.3 is 5.69 Å². The summed E-state index contributed by atoms with van der Waals surface area (Å²) >= 11 is 6.74. The highest BCUT2D eigenvalue weighted by molar-refractivity contribution is 9.11.